The molecule has 0 unspecified atom stereocenters. The van der Waals surface area contributed by atoms with Gasteiger partial charge in [0.15, 0.2) is 11.5 Å². The van der Waals surface area contributed by atoms with E-state index in [9.17, 15) is 9.59 Å². The van der Waals surface area contributed by atoms with Crippen LogP contribution in [0.15, 0.2) is 41.2 Å². The first-order chi connectivity index (χ1) is 13.6. The van der Waals surface area contributed by atoms with Crippen LogP contribution < -0.4 is 11.3 Å². The third-order valence-corrected chi connectivity index (χ3v) is 4.39. The number of nitrogens with zero attached hydrogens (tertiary/aromatic N) is 3. The van der Waals surface area contributed by atoms with Crippen molar-refractivity contribution in [2.24, 2.45) is 5.73 Å². The van der Waals surface area contributed by atoms with E-state index in [1.165, 1.54) is 6.07 Å². The third kappa shape index (κ3) is 3.92. The van der Waals surface area contributed by atoms with Crippen LogP contribution in [0.25, 0.3) is 22.4 Å². The molecule has 0 fully saturated rings. The number of methoxy groups -OCH3 is 2. The number of carbonyl (C=O) groups excluding carboxylic acids is 1. The summed E-state index contributed by atoms with van der Waals surface area (Å²) in [5.74, 6) is 0.414. The third-order valence-electron chi connectivity index (χ3n) is 4.39. The van der Waals surface area contributed by atoms with Gasteiger partial charge >= 0.3 is 6.03 Å². The molecule has 0 bridgehead atoms. The SMILES string of the molecule is COCCc1cc(=O)n(C(N)=O)c2nc(-c3ccccc3)nc(CCOC)c12. The molecule has 0 saturated heterocycles. The van der Waals surface area contributed by atoms with Crippen LogP contribution in [-0.4, -0.2) is 48.0 Å². The maximum Gasteiger partial charge on any atom is 0.327 e. The molecule has 8 nitrogen and oxygen atoms in total. The van der Waals surface area contributed by atoms with Crippen LogP contribution in [0.1, 0.15) is 11.3 Å². The average molecular weight is 382 g/mol. The number of carbonyl (C=O) groups is 1. The van der Waals surface area contributed by atoms with E-state index in [0.717, 1.165) is 10.1 Å². The zero-order valence-electron chi connectivity index (χ0n) is 15.8. The molecule has 8 heteroatoms. The molecule has 1 aromatic carbocycles. The minimum atomic E-state index is -0.885. The average Bonchev–Trinajstić information content (AvgIpc) is 2.70. The second kappa shape index (κ2) is 8.73. The van der Waals surface area contributed by atoms with Gasteiger partial charge in [0.05, 0.1) is 18.9 Å². The fourth-order valence-corrected chi connectivity index (χ4v) is 3.09. The van der Waals surface area contributed by atoms with Crippen LogP contribution in [0.2, 0.25) is 0 Å². The number of hydrogen-bond donors (Lipinski definition) is 1. The fraction of sp³-hybridized carbons (Fsp3) is 0.300. The van der Waals surface area contributed by atoms with E-state index >= 15 is 0 Å². The van der Waals surface area contributed by atoms with E-state index in [0.29, 0.717) is 48.5 Å². The van der Waals surface area contributed by atoms with E-state index in [4.69, 9.17) is 20.2 Å². The van der Waals surface area contributed by atoms with Crippen LogP contribution in [0.3, 0.4) is 0 Å². The van der Waals surface area contributed by atoms with Gasteiger partial charge in [-0.05, 0) is 12.0 Å². The topological polar surface area (TPSA) is 109 Å². The van der Waals surface area contributed by atoms with Crippen molar-refractivity contribution in [1.82, 2.24) is 14.5 Å². The molecular formula is C20H22N4O4. The molecule has 1 amide bonds. The number of ether oxygens (including phenoxy) is 2. The molecule has 0 saturated carbocycles. The van der Waals surface area contributed by atoms with Gasteiger partial charge in [0.2, 0.25) is 0 Å². The zero-order valence-corrected chi connectivity index (χ0v) is 15.8. The van der Waals surface area contributed by atoms with Gasteiger partial charge in [0.25, 0.3) is 5.56 Å². The van der Waals surface area contributed by atoms with Gasteiger partial charge in [0, 0.05) is 37.7 Å². The van der Waals surface area contributed by atoms with Gasteiger partial charge in [-0.2, -0.15) is 0 Å². The Labute approximate surface area is 161 Å². The first kappa shape index (κ1) is 19.7. The largest absolute Gasteiger partial charge is 0.384 e. The molecule has 3 aromatic rings. The van der Waals surface area contributed by atoms with Crippen molar-refractivity contribution in [3.63, 3.8) is 0 Å². The van der Waals surface area contributed by atoms with Crippen molar-refractivity contribution in [3.05, 3.63) is 58.0 Å². The molecule has 0 aliphatic carbocycles. The Morgan fingerprint density at radius 2 is 1.75 bits per heavy atom. The first-order valence-corrected chi connectivity index (χ1v) is 8.85. The van der Waals surface area contributed by atoms with Crippen LogP contribution in [0, 0.1) is 0 Å². The van der Waals surface area contributed by atoms with E-state index < -0.39 is 11.6 Å². The molecule has 0 aliphatic heterocycles. The van der Waals surface area contributed by atoms with Crippen LogP contribution in [0.5, 0.6) is 0 Å². The highest BCUT2D eigenvalue weighted by Crippen LogP contribution is 2.24. The highest BCUT2D eigenvalue weighted by atomic mass is 16.5. The number of benzene rings is 1. The van der Waals surface area contributed by atoms with Gasteiger partial charge in [-0.25, -0.2) is 19.3 Å². The molecule has 0 atom stereocenters. The highest BCUT2D eigenvalue weighted by molar-refractivity contribution is 5.91. The zero-order chi connectivity index (χ0) is 20.1. The number of fused-ring (bicyclic) bond motifs is 1. The standard InChI is InChI=1S/C20H22N4O4/c1-27-10-8-14-12-16(25)24(20(21)26)19-17(14)15(9-11-28-2)22-18(23-19)13-6-4-3-5-7-13/h3-7,12H,8-11H2,1-2H3,(H2,21,26). The van der Waals surface area contributed by atoms with Gasteiger partial charge in [0.1, 0.15) is 0 Å². The minimum absolute atomic E-state index is 0.200. The Morgan fingerprint density at radius 1 is 1.07 bits per heavy atom. The molecule has 2 heterocycles. The number of pyridine rings is 1. The Hall–Kier alpha value is -3.10. The van der Waals surface area contributed by atoms with Crippen molar-refractivity contribution >= 4 is 17.1 Å². The summed E-state index contributed by atoms with van der Waals surface area (Å²) in [6.45, 7) is 0.846. The van der Waals surface area contributed by atoms with Gasteiger partial charge < -0.3 is 15.2 Å². The van der Waals surface area contributed by atoms with Gasteiger partial charge in [-0.3, -0.25) is 4.79 Å². The monoisotopic (exact) mass is 382 g/mol. The quantitative estimate of drug-likeness (QED) is 0.667. The number of nitrogens with two attached hydrogens (primary N) is 1. The van der Waals surface area contributed by atoms with Crippen molar-refractivity contribution in [2.75, 3.05) is 27.4 Å². The maximum atomic E-state index is 12.6. The van der Waals surface area contributed by atoms with E-state index in [1.54, 1.807) is 14.2 Å². The number of aromatic nitrogens is 3. The number of amides is 1. The molecule has 0 aliphatic rings. The summed E-state index contributed by atoms with van der Waals surface area (Å²) >= 11 is 0. The van der Waals surface area contributed by atoms with Gasteiger partial charge in [-0.1, -0.05) is 30.3 Å². The maximum absolute atomic E-state index is 12.6. The van der Waals surface area contributed by atoms with Crippen molar-refractivity contribution in [2.45, 2.75) is 12.8 Å². The van der Waals surface area contributed by atoms with Gasteiger partial charge in [-0.15, -0.1) is 0 Å². The molecular weight excluding hydrogens is 360 g/mol. The molecule has 2 N–H and O–H groups in total. The van der Waals surface area contributed by atoms with E-state index in [1.807, 2.05) is 30.3 Å². The molecule has 0 spiro atoms. The lowest BCUT2D eigenvalue weighted by atomic mass is 10.0. The van der Waals surface area contributed by atoms with Crippen LogP contribution in [0.4, 0.5) is 4.79 Å². The normalized spacial score (nSPS) is 11.1. The summed E-state index contributed by atoms with van der Waals surface area (Å²) in [6.07, 6.45) is 0.974. The Balaban J connectivity index is 2.37. The molecule has 3 rings (SSSR count). The Bertz CT molecular complexity index is 1050. The van der Waals surface area contributed by atoms with Crippen molar-refractivity contribution in [3.8, 4) is 11.4 Å². The van der Waals surface area contributed by atoms with E-state index in [2.05, 4.69) is 4.98 Å². The number of hydrogen-bond acceptors (Lipinski definition) is 6. The summed E-state index contributed by atoms with van der Waals surface area (Å²) in [5.41, 5.74) is 7.33. The predicted octanol–water partition coefficient (Wildman–Crippen LogP) is 1.76. The highest BCUT2D eigenvalue weighted by Gasteiger charge is 2.19. The Kier molecular flexibility index (Phi) is 6.13. The summed E-state index contributed by atoms with van der Waals surface area (Å²) in [6, 6.07) is 9.86. The lowest BCUT2D eigenvalue weighted by Crippen LogP contribution is -2.33. The second-order valence-electron chi connectivity index (χ2n) is 6.23. The summed E-state index contributed by atoms with van der Waals surface area (Å²) in [5, 5.41) is 0.632. The lowest BCUT2D eigenvalue weighted by molar-refractivity contribution is 0.201. The predicted molar refractivity (Wildman–Crippen MR) is 105 cm³/mol. The van der Waals surface area contributed by atoms with E-state index in [-0.39, 0.29) is 5.65 Å². The first-order valence-electron chi connectivity index (χ1n) is 8.85. The summed E-state index contributed by atoms with van der Waals surface area (Å²) < 4.78 is 11.3. The van der Waals surface area contributed by atoms with Crippen molar-refractivity contribution < 1.29 is 14.3 Å². The summed E-state index contributed by atoms with van der Waals surface area (Å²) in [4.78, 5) is 33.8. The second-order valence-corrected chi connectivity index (χ2v) is 6.23. The molecule has 0 radical (unpaired) electrons. The minimum Gasteiger partial charge on any atom is -0.384 e. The Morgan fingerprint density at radius 3 is 2.39 bits per heavy atom. The fourth-order valence-electron chi connectivity index (χ4n) is 3.09. The molecule has 2 aromatic heterocycles. The van der Waals surface area contributed by atoms with Crippen LogP contribution >= 0.6 is 0 Å². The molecule has 146 valence electrons. The number of rotatable bonds is 7. The summed E-state index contributed by atoms with van der Waals surface area (Å²) in [7, 11) is 3.19. The lowest BCUT2D eigenvalue weighted by Gasteiger charge is -2.15. The number of primary amides is 1. The molecule has 28 heavy (non-hydrogen) atoms. The van der Waals surface area contributed by atoms with Crippen LogP contribution in [-0.2, 0) is 22.3 Å². The smallest absolute Gasteiger partial charge is 0.327 e. The van der Waals surface area contributed by atoms with Crippen molar-refractivity contribution in [1.29, 1.82) is 0 Å².